The molecule has 3 nitrogen and oxygen atoms in total. The number of hydrogen-bond donors (Lipinski definition) is 1. The second kappa shape index (κ2) is 5.68. The van der Waals surface area contributed by atoms with Gasteiger partial charge in [-0.25, -0.2) is 0 Å². The molecule has 0 unspecified atom stereocenters. The lowest BCUT2D eigenvalue weighted by Gasteiger charge is -2.12. The van der Waals surface area contributed by atoms with Crippen molar-refractivity contribution >= 4 is 5.82 Å². The van der Waals surface area contributed by atoms with Crippen molar-refractivity contribution < 1.29 is 0 Å². The Morgan fingerprint density at radius 3 is 2.86 bits per heavy atom. The molecule has 1 heterocycles. The summed E-state index contributed by atoms with van der Waals surface area (Å²) in [6.45, 7) is 4.45. The van der Waals surface area contributed by atoms with Gasteiger partial charge in [-0.15, -0.1) is 0 Å². The van der Waals surface area contributed by atoms with Gasteiger partial charge in [0.25, 0.3) is 0 Å². The highest BCUT2D eigenvalue weighted by Crippen LogP contribution is 2.09. The molecule has 0 fully saturated rings. The van der Waals surface area contributed by atoms with Crippen LogP contribution >= 0.6 is 0 Å². The van der Waals surface area contributed by atoms with Gasteiger partial charge < -0.3 is 5.32 Å². The molecule has 0 saturated carbocycles. The van der Waals surface area contributed by atoms with Crippen LogP contribution in [-0.4, -0.2) is 15.8 Å². The number of aryl methyl sites for hydroxylation is 1. The monoisotopic (exact) mass is 195 g/mol. The van der Waals surface area contributed by atoms with E-state index in [0.717, 1.165) is 5.82 Å². The summed E-state index contributed by atoms with van der Waals surface area (Å²) in [6.07, 6.45) is 7.10. The highest BCUT2D eigenvalue weighted by Gasteiger charge is 2.02. The van der Waals surface area contributed by atoms with Crippen LogP contribution in [0.4, 0.5) is 5.82 Å². The van der Waals surface area contributed by atoms with Crippen LogP contribution in [0.5, 0.6) is 0 Å². The first kappa shape index (κ1) is 11.1. The molecule has 1 atom stereocenters. The summed E-state index contributed by atoms with van der Waals surface area (Å²) in [5.41, 5.74) is 0. The Hall–Kier alpha value is -0.990. The lowest BCUT2D eigenvalue weighted by molar-refractivity contribution is 0.612. The molecule has 0 aromatic carbocycles. The van der Waals surface area contributed by atoms with E-state index in [9.17, 15) is 0 Å². The Morgan fingerprint density at radius 2 is 2.29 bits per heavy atom. The fraction of sp³-hybridized carbons (Fsp3) is 0.727. The van der Waals surface area contributed by atoms with Gasteiger partial charge in [-0.3, -0.25) is 4.68 Å². The molecule has 0 aliphatic rings. The fourth-order valence-corrected chi connectivity index (χ4v) is 1.52. The zero-order valence-electron chi connectivity index (χ0n) is 9.45. The average molecular weight is 195 g/mol. The van der Waals surface area contributed by atoms with Gasteiger partial charge in [-0.2, -0.15) is 5.10 Å². The zero-order chi connectivity index (χ0) is 10.4. The van der Waals surface area contributed by atoms with Gasteiger partial charge in [-0.1, -0.05) is 26.2 Å². The van der Waals surface area contributed by atoms with Gasteiger partial charge in [0.1, 0.15) is 5.82 Å². The van der Waals surface area contributed by atoms with Crippen molar-refractivity contribution in [3.63, 3.8) is 0 Å². The Kier molecular flexibility index (Phi) is 4.50. The van der Waals surface area contributed by atoms with E-state index in [1.165, 1.54) is 25.7 Å². The lowest BCUT2D eigenvalue weighted by atomic mass is 10.1. The standard InChI is InChI=1S/C11H21N3/c1-4-5-6-7-10(2)12-11-8-9-14(3)13-11/h8-10H,4-7H2,1-3H3,(H,12,13)/t10-/m0/s1. The first-order valence-corrected chi connectivity index (χ1v) is 5.48. The van der Waals surface area contributed by atoms with Crippen LogP contribution < -0.4 is 5.32 Å². The quantitative estimate of drug-likeness (QED) is 0.707. The first-order valence-electron chi connectivity index (χ1n) is 5.48. The molecule has 1 rings (SSSR count). The number of unbranched alkanes of at least 4 members (excludes halogenated alkanes) is 2. The molecule has 0 saturated heterocycles. The van der Waals surface area contributed by atoms with Crippen molar-refractivity contribution in [2.24, 2.45) is 7.05 Å². The second-order valence-corrected chi connectivity index (χ2v) is 3.92. The predicted octanol–water partition coefficient (Wildman–Crippen LogP) is 2.80. The number of anilines is 1. The van der Waals surface area contributed by atoms with E-state index >= 15 is 0 Å². The first-order chi connectivity index (χ1) is 6.72. The van der Waals surface area contributed by atoms with E-state index in [0.29, 0.717) is 6.04 Å². The third kappa shape index (κ3) is 3.81. The summed E-state index contributed by atoms with van der Waals surface area (Å²) < 4.78 is 1.82. The topological polar surface area (TPSA) is 29.9 Å². The molecular formula is C11H21N3. The van der Waals surface area contributed by atoms with E-state index in [4.69, 9.17) is 0 Å². The summed E-state index contributed by atoms with van der Waals surface area (Å²) in [5, 5.41) is 7.67. The molecule has 80 valence electrons. The summed E-state index contributed by atoms with van der Waals surface area (Å²) in [4.78, 5) is 0. The third-order valence-electron chi connectivity index (χ3n) is 2.35. The van der Waals surface area contributed by atoms with Crippen molar-refractivity contribution in [2.75, 3.05) is 5.32 Å². The Balaban J connectivity index is 2.23. The molecule has 3 heteroatoms. The van der Waals surface area contributed by atoms with Crippen molar-refractivity contribution in [1.82, 2.24) is 9.78 Å². The highest BCUT2D eigenvalue weighted by molar-refractivity contribution is 5.32. The minimum absolute atomic E-state index is 0.524. The van der Waals surface area contributed by atoms with Crippen LogP contribution in [0.15, 0.2) is 12.3 Å². The van der Waals surface area contributed by atoms with Crippen LogP contribution in [0, 0.1) is 0 Å². The molecule has 1 aromatic heterocycles. The minimum atomic E-state index is 0.524. The van der Waals surface area contributed by atoms with Crippen LogP contribution in [0.1, 0.15) is 39.5 Å². The van der Waals surface area contributed by atoms with Crippen molar-refractivity contribution in [3.8, 4) is 0 Å². The van der Waals surface area contributed by atoms with Crippen LogP contribution in [0.25, 0.3) is 0 Å². The number of nitrogens with one attached hydrogen (secondary N) is 1. The highest BCUT2D eigenvalue weighted by atomic mass is 15.3. The van der Waals surface area contributed by atoms with Crippen LogP contribution in [-0.2, 0) is 7.05 Å². The van der Waals surface area contributed by atoms with E-state index in [2.05, 4.69) is 24.3 Å². The number of rotatable bonds is 6. The molecule has 0 spiro atoms. The molecule has 14 heavy (non-hydrogen) atoms. The molecule has 1 aromatic rings. The van der Waals surface area contributed by atoms with Gasteiger partial charge in [0.2, 0.25) is 0 Å². The van der Waals surface area contributed by atoms with E-state index in [-0.39, 0.29) is 0 Å². The molecule has 1 N–H and O–H groups in total. The maximum absolute atomic E-state index is 4.28. The van der Waals surface area contributed by atoms with Gasteiger partial charge >= 0.3 is 0 Å². The molecule has 0 radical (unpaired) electrons. The lowest BCUT2D eigenvalue weighted by Crippen LogP contribution is -2.15. The smallest absolute Gasteiger partial charge is 0.148 e. The van der Waals surface area contributed by atoms with E-state index < -0.39 is 0 Å². The van der Waals surface area contributed by atoms with Crippen LogP contribution in [0.3, 0.4) is 0 Å². The Labute approximate surface area is 86.5 Å². The van der Waals surface area contributed by atoms with Gasteiger partial charge in [-0.05, 0) is 13.3 Å². The van der Waals surface area contributed by atoms with E-state index in [1.54, 1.807) is 0 Å². The second-order valence-electron chi connectivity index (χ2n) is 3.92. The van der Waals surface area contributed by atoms with Crippen molar-refractivity contribution in [2.45, 2.75) is 45.6 Å². The van der Waals surface area contributed by atoms with Gasteiger partial charge in [0, 0.05) is 25.4 Å². The number of hydrogen-bond acceptors (Lipinski definition) is 2. The average Bonchev–Trinajstić information content (AvgIpc) is 2.52. The van der Waals surface area contributed by atoms with Gasteiger partial charge in [0.05, 0.1) is 0 Å². The Bertz CT molecular complexity index is 255. The molecule has 0 aliphatic carbocycles. The maximum Gasteiger partial charge on any atom is 0.148 e. The summed E-state index contributed by atoms with van der Waals surface area (Å²) in [5.74, 6) is 0.983. The molecule has 0 aliphatic heterocycles. The van der Waals surface area contributed by atoms with Crippen LogP contribution in [0.2, 0.25) is 0 Å². The summed E-state index contributed by atoms with van der Waals surface area (Å²) in [6, 6.07) is 2.53. The maximum atomic E-state index is 4.28. The molecule has 0 bridgehead atoms. The molecule has 0 amide bonds. The summed E-state index contributed by atoms with van der Waals surface area (Å²) >= 11 is 0. The number of nitrogens with zero attached hydrogens (tertiary/aromatic N) is 2. The third-order valence-corrected chi connectivity index (χ3v) is 2.35. The van der Waals surface area contributed by atoms with Gasteiger partial charge in [0.15, 0.2) is 0 Å². The minimum Gasteiger partial charge on any atom is -0.366 e. The number of aromatic nitrogens is 2. The van der Waals surface area contributed by atoms with Crippen molar-refractivity contribution in [3.05, 3.63) is 12.3 Å². The summed E-state index contributed by atoms with van der Waals surface area (Å²) in [7, 11) is 1.94. The fourth-order valence-electron chi connectivity index (χ4n) is 1.52. The SMILES string of the molecule is CCCCC[C@H](C)Nc1ccn(C)n1. The van der Waals surface area contributed by atoms with E-state index in [1.807, 2.05) is 24.0 Å². The normalized spacial score (nSPS) is 12.8. The molecular weight excluding hydrogens is 174 g/mol. The Morgan fingerprint density at radius 1 is 1.50 bits per heavy atom. The zero-order valence-corrected chi connectivity index (χ0v) is 9.45. The largest absolute Gasteiger partial charge is 0.366 e. The van der Waals surface area contributed by atoms with Crippen molar-refractivity contribution in [1.29, 1.82) is 0 Å². The predicted molar refractivity (Wildman–Crippen MR) is 60.4 cm³/mol.